The zero-order valence-electron chi connectivity index (χ0n) is 13.7. The molecule has 0 heterocycles. The first-order valence-corrected chi connectivity index (χ1v) is 10.3. The Labute approximate surface area is 139 Å². The van der Waals surface area contributed by atoms with Gasteiger partial charge in [-0.1, -0.05) is 38.5 Å². The van der Waals surface area contributed by atoms with E-state index in [2.05, 4.69) is 6.92 Å². The number of rotatable bonds is 5. The van der Waals surface area contributed by atoms with E-state index in [1.165, 1.54) is 12.1 Å². The van der Waals surface area contributed by atoms with Gasteiger partial charge in [0.15, 0.2) is 0 Å². The summed E-state index contributed by atoms with van der Waals surface area (Å²) in [4.78, 5) is -1.80. The predicted molar refractivity (Wildman–Crippen MR) is 86.2 cm³/mol. The highest BCUT2D eigenvalue weighted by Crippen LogP contribution is 3.02. The van der Waals surface area contributed by atoms with Gasteiger partial charge in [0.25, 0.3) is 0 Å². The molecule has 4 rings (SSSR count). The van der Waals surface area contributed by atoms with Crippen molar-refractivity contribution in [2.75, 3.05) is 6.61 Å². The van der Waals surface area contributed by atoms with Crippen LogP contribution in [0.4, 0.5) is 19.4 Å². The Morgan fingerprint density at radius 2 is 1.38 bits per heavy atom. The monoisotopic (exact) mass is 370 g/mol. The molecule has 1 aromatic carbocycles. The number of ether oxygens (including phenoxy) is 1. The van der Waals surface area contributed by atoms with Crippen LogP contribution in [0, 0.1) is 0 Å². The van der Waals surface area contributed by atoms with Crippen LogP contribution in [0.3, 0.4) is 0 Å². The van der Waals surface area contributed by atoms with Gasteiger partial charge >= 0.3 is 10.2 Å². The van der Waals surface area contributed by atoms with Gasteiger partial charge in [-0.3, -0.25) is 0 Å². The molecule has 3 saturated carbocycles. The molecular formula is C17H23F5OS. The van der Waals surface area contributed by atoms with Gasteiger partial charge in [-0.05, 0) is 68.1 Å². The summed E-state index contributed by atoms with van der Waals surface area (Å²) in [5.74, 6) is 0. The molecule has 0 N–H and O–H groups in total. The zero-order valence-corrected chi connectivity index (χ0v) is 14.5. The minimum absolute atomic E-state index is 0.0818. The second-order valence-corrected chi connectivity index (χ2v) is 9.71. The highest BCUT2D eigenvalue weighted by Gasteiger charge is 2.65. The fraction of sp³-hybridized carbons (Fsp3) is 0.647. The fourth-order valence-corrected chi connectivity index (χ4v) is 4.84. The Morgan fingerprint density at radius 1 is 0.875 bits per heavy atom. The first-order chi connectivity index (χ1) is 10.9. The maximum Gasteiger partial charge on any atom is 0.310 e. The lowest BCUT2D eigenvalue weighted by molar-refractivity contribution is -0.118. The van der Waals surface area contributed by atoms with Crippen molar-refractivity contribution < 1.29 is 24.2 Å². The van der Waals surface area contributed by atoms with Crippen LogP contribution in [-0.4, -0.2) is 12.2 Å². The van der Waals surface area contributed by atoms with Crippen LogP contribution in [0.25, 0.3) is 0 Å². The van der Waals surface area contributed by atoms with E-state index in [1.54, 1.807) is 0 Å². The van der Waals surface area contributed by atoms with Crippen molar-refractivity contribution in [1.29, 1.82) is 0 Å². The highest BCUT2D eigenvalue weighted by molar-refractivity contribution is 8.45. The average Bonchev–Trinajstić information content (AvgIpc) is 2.53. The van der Waals surface area contributed by atoms with Gasteiger partial charge in [-0.2, -0.15) is 0 Å². The first kappa shape index (κ1) is 18.0. The van der Waals surface area contributed by atoms with E-state index in [1.807, 2.05) is 0 Å². The molecular weight excluding hydrogens is 347 g/mol. The molecule has 3 fully saturated rings. The third kappa shape index (κ3) is 3.29. The summed E-state index contributed by atoms with van der Waals surface area (Å²) in [6.45, 7) is 2.79. The van der Waals surface area contributed by atoms with E-state index >= 15 is 0 Å². The Morgan fingerprint density at radius 3 is 1.79 bits per heavy atom. The first-order valence-electron chi connectivity index (χ1n) is 8.37. The second kappa shape index (κ2) is 4.87. The molecule has 0 amide bonds. The van der Waals surface area contributed by atoms with E-state index in [4.69, 9.17) is 4.74 Å². The SMILES string of the molecule is CCCOC12CCC(c3ccc(S(F)(F)(F)(F)F)cc3)(CC1)CC2. The number of fused-ring (bicyclic) bond motifs is 3. The van der Waals surface area contributed by atoms with Crippen molar-refractivity contribution >= 4 is 10.2 Å². The molecule has 1 aromatic rings. The number of benzene rings is 1. The van der Waals surface area contributed by atoms with Crippen molar-refractivity contribution in [3.8, 4) is 0 Å². The molecule has 24 heavy (non-hydrogen) atoms. The number of hydrogen-bond donors (Lipinski definition) is 0. The van der Waals surface area contributed by atoms with Gasteiger partial charge in [0, 0.05) is 6.61 Å². The summed E-state index contributed by atoms with van der Waals surface area (Å²) in [5.41, 5.74) is 0.478. The molecule has 0 atom stereocenters. The molecule has 1 nitrogen and oxygen atoms in total. The Kier molecular flexibility index (Phi) is 3.65. The van der Waals surface area contributed by atoms with Crippen LogP contribution < -0.4 is 0 Å². The molecule has 138 valence electrons. The molecule has 7 heteroatoms. The van der Waals surface area contributed by atoms with Crippen molar-refractivity contribution in [2.24, 2.45) is 0 Å². The van der Waals surface area contributed by atoms with Gasteiger partial charge in [0.05, 0.1) is 5.60 Å². The molecule has 3 aliphatic rings. The molecule has 2 bridgehead atoms. The minimum Gasteiger partial charge on any atom is -0.375 e. The average molecular weight is 370 g/mol. The van der Waals surface area contributed by atoms with Crippen LogP contribution in [0.15, 0.2) is 29.2 Å². The van der Waals surface area contributed by atoms with E-state index in [-0.39, 0.29) is 11.0 Å². The van der Waals surface area contributed by atoms with Gasteiger partial charge in [0.2, 0.25) is 0 Å². The Hall–Kier alpha value is -0.820. The standard InChI is InChI=1S/C17H23F5OS/c1-2-13-23-17-10-7-16(8-11-17,9-12-17)14-3-5-15(6-4-14)24(18,19,20,21)22/h3-6H,2,7-13H2,1H3. The molecule has 0 aromatic heterocycles. The third-order valence-electron chi connectivity index (χ3n) is 5.70. The zero-order chi connectivity index (χ0) is 17.8. The van der Waals surface area contributed by atoms with Crippen molar-refractivity contribution in [2.45, 2.75) is 67.8 Å². The van der Waals surface area contributed by atoms with Gasteiger partial charge < -0.3 is 4.74 Å². The van der Waals surface area contributed by atoms with Crippen LogP contribution in [0.5, 0.6) is 0 Å². The van der Waals surface area contributed by atoms with Gasteiger partial charge in [-0.25, -0.2) is 0 Å². The lowest BCUT2D eigenvalue weighted by atomic mass is 9.56. The maximum atomic E-state index is 12.9. The smallest absolute Gasteiger partial charge is 0.310 e. The quantitative estimate of drug-likeness (QED) is 0.502. The van der Waals surface area contributed by atoms with Crippen LogP contribution in [0.2, 0.25) is 0 Å². The molecule has 0 spiro atoms. The number of halogens is 5. The van der Waals surface area contributed by atoms with E-state index < -0.39 is 15.1 Å². The molecule has 0 saturated heterocycles. The summed E-state index contributed by atoms with van der Waals surface area (Å²) < 4.78 is 70.3. The van der Waals surface area contributed by atoms with Gasteiger partial charge in [-0.15, -0.1) is 0 Å². The summed E-state index contributed by atoms with van der Waals surface area (Å²) >= 11 is 0. The van der Waals surface area contributed by atoms with Crippen LogP contribution >= 0.6 is 10.2 Å². The van der Waals surface area contributed by atoms with Crippen LogP contribution in [-0.2, 0) is 10.2 Å². The summed E-state index contributed by atoms with van der Waals surface area (Å²) in [6.07, 6.45) is 6.14. The normalized spacial score (nSPS) is 33.1. The van der Waals surface area contributed by atoms with E-state index in [0.717, 1.165) is 57.1 Å². The van der Waals surface area contributed by atoms with Crippen molar-refractivity contribution in [3.05, 3.63) is 29.8 Å². The lowest BCUT2D eigenvalue weighted by Gasteiger charge is -2.53. The second-order valence-electron chi connectivity index (χ2n) is 7.31. The van der Waals surface area contributed by atoms with E-state index in [9.17, 15) is 19.4 Å². The molecule has 0 aliphatic heterocycles. The highest BCUT2D eigenvalue weighted by atomic mass is 32.5. The minimum atomic E-state index is -9.59. The lowest BCUT2D eigenvalue weighted by Crippen LogP contribution is -2.49. The van der Waals surface area contributed by atoms with Crippen molar-refractivity contribution in [3.63, 3.8) is 0 Å². The summed E-state index contributed by atoms with van der Waals surface area (Å²) in [7, 11) is -9.59. The third-order valence-corrected chi connectivity index (χ3v) is 6.87. The maximum absolute atomic E-state index is 12.9. The topological polar surface area (TPSA) is 9.23 Å². The molecule has 0 radical (unpaired) electrons. The fourth-order valence-electron chi connectivity index (χ4n) is 4.19. The summed E-state index contributed by atoms with van der Waals surface area (Å²) in [6, 6.07) is 3.60. The largest absolute Gasteiger partial charge is 0.375 e. The van der Waals surface area contributed by atoms with Crippen molar-refractivity contribution in [1.82, 2.24) is 0 Å². The summed E-state index contributed by atoms with van der Waals surface area (Å²) in [5, 5.41) is 0. The Bertz CT molecular complexity index is 598. The Balaban J connectivity index is 1.80. The molecule has 0 unspecified atom stereocenters. The van der Waals surface area contributed by atoms with E-state index in [0.29, 0.717) is 12.1 Å². The molecule has 3 aliphatic carbocycles. The van der Waals surface area contributed by atoms with Crippen LogP contribution in [0.1, 0.15) is 57.4 Å². The number of hydrogen-bond acceptors (Lipinski definition) is 1. The van der Waals surface area contributed by atoms with Gasteiger partial charge in [0.1, 0.15) is 4.90 Å². The predicted octanol–water partition coefficient (Wildman–Crippen LogP) is 7.12.